The van der Waals surface area contributed by atoms with Crippen molar-refractivity contribution >= 4 is 5.70 Å². The Kier molecular flexibility index (Phi) is 3.38. The Labute approximate surface area is 117 Å². The first-order chi connectivity index (χ1) is 9.17. The van der Waals surface area contributed by atoms with Gasteiger partial charge in [-0.3, -0.25) is 0 Å². The summed E-state index contributed by atoms with van der Waals surface area (Å²) in [5.41, 5.74) is 3.93. The lowest BCUT2D eigenvalue weighted by Crippen LogP contribution is -2.20. The van der Waals surface area contributed by atoms with Gasteiger partial charge in [0.1, 0.15) is 0 Å². The van der Waals surface area contributed by atoms with E-state index in [1.807, 2.05) is 0 Å². The van der Waals surface area contributed by atoms with Crippen molar-refractivity contribution in [1.29, 1.82) is 0 Å². The highest BCUT2D eigenvalue weighted by Gasteiger charge is 2.39. The number of benzene rings is 1. The molecule has 1 nitrogen and oxygen atoms in total. The van der Waals surface area contributed by atoms with Crippen LogP contribution < -0.4 is 0 Å². The quantitative estimate of drug-likeness (QED) is 0.782. The fourth-order valence-electron chi connectivity index (χ4n) is 3.94. The van der Waals surface area contributed by atoms with Crippen LogP contribution in [0.2, 0.25) is 0 Å². The van der Waals surface area contributed by atoms with Crippen molar-refractivity contribution in [2.45, 2.75) is 33.1 Å². The highest BCUT2D eigenvalue weighted by molar-refractivity contribution is 5.62. The van der Waals surface area contributed by atoms with Crippen molar-refractivity contribution in [1.82, 2.24) is 4.90 Å². The van der Waals surface area contributed by atoms with Gasteiger partial charge >= 0.3 is 0 Å². The summed E-state index contributed by atoms with van der Waals surface area (Å²) >= 11 is 0. The fraction of sp³-hybridized carbons (Fsp3) is 0.556. The van der Waals surface area contributed by atoms with Gasteiger partial charge in [0.2, 0.25) is 0 Å². The van der Waals surface area contributed by atoms with Crippen LogP contribution in [0.25, 0.3) is 5.70 Å². The predicted octanol–water partition coefficient (Wildman–Crippen LogP) is 4.20. The molecule has 2 fully saturated rings. The molecule has 1 aliphatic heterocycles. The van der Waals surface area contributed by atoms with E-state index in [2.05, 4.69) is 49.6 Å². The molecule has 0 spiro atoms. The lowest BCUT2D eigenvalue weighted by molar-refractivity contribution is 0.413. The Balaban J connectivity index is 1.68. The first-order valence-electron chi connectivity index (χ1n) is 7.70. The summed E-state index contributed by atoms with van der Waals surface area (Å²) < 4.78 is 0. The monoisotopic (exact) mass is 255 g/mol. The van der Waals surface area contributed by atoms with E-state index in [0.717, 1.165) is 24.2 Å². The molecule has 1 aliphatic carbocycles. The van der Waals surface area contributed by atoms with Crippen LogP contribution in [0.4, 0.5) is 0 Å². The van der Waals surface area contributed by atoms with Gasteiger partial charge in [-0.1, -0.05) is 44.7 Å². The fourth-order valence-corrected chi connectivity index (χ4v) is 3.94. The molecule has 0 radical (unpaired) electrons. The van der Waals surface area contributed by atoms with E-state index >= 15 is 0 Å². The molecule has 1 aromatic rings. The number of fused-ring (bicyclic) bond motifs is 1. The minimum absolute atomic E-state index is 0.918. The molecule has 1 aromatic carbocycles. The normalized spacial score (nSPS) is 29.6. The maximum Gasteiger partial charge on any atom is 0.0366 e. The molecule has 1 heteroatoms. The van der Waals surface area contributed by atoms with Gasteiger partial charge in [0, 0.05) is 18.8 Å². The molecule has 1 heterocycles. The van der Waals surface area contributed by atoms with Crippen molar-refractivity contribution in [3.8, 4) is 0 Å². The van der Waals surface area contributed by atoms with Gasteiger partial charge in [-0.25, -0.2) is 0 Å². The summed E-state index contributed by atoms with van der Waals surface area (Å²) in [6.07, 6.45) is 3.95. The highest BCUT2D eigenvalue weighted by atomic mass is 15.2. The molecule has 0 bridgehead atoms. The highest BCUT2D eigenvalue weighted by Crippen LogP contribution is 2.43. The second-order valence-corrected chi connectivity index (χ2v) is 6.50. The molecule has 1 saturated carbocycles. The number of aryl methyl sites for hydroxylation is 1. The van der Waals surface area contributed by atoms with Crippen LogP contribution in [-0.4, -0.2) is 18.0 Å². The first-order valence-corrected chi connectivity index (χ1v) is 7.70. The average molecular weight is 255 g/mol. The van der Waals surface area contributed by atoms with Gasteiger partial charge in [-0.2, -0.15) is 0 Å². The SMILES string of the molecule is C=C(c1ccc(CC)cc1)N1CC2CC(C)CC2C1. The third kappa shape index (κ3) is 2.43. The topological polar surface area (TPSA) is 3.24 Å². The van der Waals surface area contributed by atoms with Crippen molar-refractivity contribution in [3.63, 3.8) is 0 Å². The maximum absolute atomic E-state index is 4.33. The molecule has 1 saturated heterocycles. The Morgan fingerprint density at radius 2 is 1.74 bits per heavy atom. The van der Waals surface area contributed by atoms with Gasteiger partial charge in [-0.05, 0) is 48.1 Å². The second kappa shape index (κ2) is 5.03. The summed E-state index contributed by atoms with van der Waals surface area (Å²) in [5, 5.41) is 0. The predicted molar refractivity (Wildman–Crippen MR) is 81.8 cm³/mol. The van der Waals surface area contributed by atoms with Gasteiger partial charge in [0.15, 0.2) is 0 Å². The summed E-state index contributed by atoms with van der Waals surface area (Å²) in [4.78, 5) is 2.52. The Bertz CT molecular complexity index is 445. The number of hydrogen-bond donors (Lipinski definition) is 0. The Morgan fingerprint density at radius 1 is 1.16 bits per heavy atom. The molecule has 102 valence electrons. The molecule has 2 aliphatic rings. The molecule has 19 heavy (non-hydrogen) atoms. The number of hydrogen-bond acceptors (Lipinski definition) is 1. The number of likely N-dealkylation sites (tertiary alicyclic amines) is 1. The Hall–Kier alpha value is -1.24. The van der Waals surface area contributed by atoms with Crippen LogP contribution in [-0.2, 0) is 6.42 Å². The third-order valence-corrected chi connectivity index (χ3v) is 5.06. The van der Waals surface area contributed by atoms with Crippen molar-refractivity contribution in [3.05, 3.63) is 42.0 Å². The van der Waals surface area contributed by atoms with Gasteiger partial charge in [0.05, 0.1) is 0 Å². The molecule has 3 rings (SSSR count). The van der Waals surface area contributed by atoms with Crippen LogP contribution in [0.5, 0.6) is 0 Å². The molecular formula is C18H25N. The third-order valence-electron chi connectivity index (χ3n) is 5.06. The maximum atomic E-state index is 4.33. The van der Waals surface area contributed by atoms with Crippen molar-refractivity contribution in [2.24, 2.45) is 17.8 Å². The van der Waals surface area contributed by atoms with Crippen LogP contribution >= 0.6 is 0 Å². The van der Waals surface area contributed by atoms with E-state index in [0.29, 0.717) is 0 Å². The standard InChI is InChI=1S/C18H25N/c1-4-15-5-7-16(8-6-15)14(3)19-11-17-9-13(2)10-18(17)12-19/h5-8,13,17-18H,3-4,9-12H2,1-2H3. The Morgan fingerprint density at radius 3 is 2.26 bits per heavy atom. The molecular weight excluding hydrogens is 230 g/mol. The van der Waals surface area contributed by atoms with E-state index in [1.165, 1.54) is 42.8 Å². The van der Waals surface area contributed by atoms with E-state index in [1.54, 1.807) is 0 Å². The molecule has 2 atom stereocenters. The molecule has 0 aromatic heterocycles. The molecule has 0 amide bonds. The van der Waals surface area contributed by atoms with Crippen LogP contribution in [0.1, 0.15) is 37.8 Å². The van der Waals surface area contributed by atoms with Crippen LogP contribution in [0, 0.1) is 17.8 Å². The largest absolute Gasteiger partial charge is 0.371 e. The van der Waals surface area contributed by atoms with Gasteiger partial charge in [-0.15, -0.1) is 0 Å². The zero-order valence-electron chi connectivity index (χ0n) is 12.2. The lowest BCUT2D eigenvalue weighted by Gasteiger charge is -2.23. The van der Waals surface area contributed by atoms with E-state index in [-0.39, 0.29) is 0 Å². The van der Waals surface area contributed by atoms with E-state index in [9.17, 15) is 0 Å². The van der Waals surface area contributed by atoms with Crippen LogP contribution in [0.15, 0.2) is 30.8 Å². The minimum atomic E-state index is 0.918. The lowest BCUT2D eigenvalue weighted by atomic mass is 10.0. The van der Waals surface area contributed by atoms with E-state index < -0.39 is 0 Å². The number of nitrogens with zero attached hydrogens (tertiary/aromatic N) is 1. The van der Waals surface area contributed by atoms with Crippen LogP contribution in [0.3, 0.4) is 0 Å². The zero-order chi connectivity index (χ0) is 13.4. The van der Waals surface area contributed by atoms with Crippen molar-refractivity contribution < 1.29 is 0 Å². The first kappa shape index (κ1) is 12.8. The summed E-state index contributed by atoms with van der Waals surface area (Å²) in [5.74, 6) is 2.78. The minimum Gasteiger partial charge on any atom is -0.371 e. The van der Waals surface area contributed by atoms with E-state index in [4.69, 9.17) is 0 Å². The second-order valence-electron chi connectivity index (χ2n) is 6.50. The zero-order valence-corrected chi connectivity index (χ0v) is 12.2. The summed E-state index contributed by atoms with van der Waals surface area (Å²) in [7, 11) is 0. The molecule has 0 N–H and O–H groups in total. The smallest absolute Gasteiger partial charge is 0.0366 e. The molecule has 2 unspecified atom stereocenters. The average Bonchev–Trinajstić information content (AvgIpc) is 2.95. The summed E-state index contributed by atoms with van der Waals surface area (Å²) in [6.45, 7) is 11.4. The van der Waals surface area contributed by atoms with Crippen molar-refractivity contribution in [2.75, 3.05) is 13.1 Å². The van der Waals surface area contributed by atoms with Gasteiger partial charge < -0.3 is 4.90 Å². The number of rotatable bonds is 3. The summed E-state index contributed by atoms with van der Waals surface area (Å²) in [6, 6.07) is 8.94. The van der Waals surface area contributed by atoms with Gasteiger partial charge in [0.25, 0.3) is 0 Å².